The molecule has 7 nitrogen and oxygen atoms in total. The van der Waals surface area contributed by atoms with Crippen LogP contribution in [0.15, 0.2) is 52.3 Å². The largest absolute Gasteiger partial charge is 0.462 e. The first kappa shape index (κ1) is 24.9. The summed E-state index contributed by atoms with van der Waals surface area (Å²) in [5, 5.41) is 3.13. The van der Waals surface area contributed by atoms with E-state index < -0.39 is 33.3 Å². The number of benzene rings is 2. The molecule has 1 saturated heterocycles. The second-order valence-electron chi connectivity index (χ2n) is 8.92. The lowest BCUT2D eigenvalue weighted by Gasteiger charge is -2.20. The molecule has 0 radical (unpaired) electrons. The molecular formula is C24H28FNO6S. The molecule has 2 atom stereocenters. The van der Waals surface area contributed by atoms with Crippen molar-refractivity contribution in [2.45, 2.75) is 56.1 Å². The Morgan fingerprint density at radius 1 is 1.12 bits per heavy atom. The van der Waals surface area contributed by atoms with Gasteiger partial charge in [0, 0.05) is 18.9 Å². The first-order valence-corrected chi connectivity index (χ1v) is 12.2. The van der Waals surface area contributed by atoms with Crippen molar-refractivity contribution in [2.75, 3.05) is 13.2 Å². The monoisotopic (exact) mass is 477 g/mol. The van der Waals surface area contributed by atoms with Gasteiger partial charge < -0.3 is 9.47 Å². The van der Waals surface area contributed by atoms with E-state index in [1.54, 1.807) is 33.8 Å². The van der Waals surface area contributed by atoms with Gasteiger partial charge in [0.2, 0.25) is 9.84 Å². The highest BCUT2D eigenvalue weighted by Crippen LogP contribution is 2.33. The summed E-state index contributed by atoms with van der Waals surface area (Å²) in [5.41, 5.74) is 0.0559. The molecule has 2 aromatic carbocycles. The molecule has 2 aromatic rings. The van der Waals surface area contributed by atoms with Crippen LogP contribution in [0.4, 0.5) is 4.39 Å². The van der Waals surface area contributed by atoms with Crippen LogP contribution in [0.2, 0.25) is 0 Å². The third kappa shape index (κ3) is 5.59. The van der Waals surface area contributed by atoms with Crippen molar-refractivity contribution in [3.05, 3.63) is 59.4 Å². The van der Waals surface area contributed by atoms with E-state index in [0.717, 1.165) is 12.1 Å². The minimum atomic E-state index is -4.05. The van der Waals surface area contributed by atoms with Crippen molar-refractivity contribution < 1.29 is 31.9 Å². The third-order valence-corrected chi connectivity index (χ3v) is 7.08. The Balaban J connectivity index is 1.93. The molecule has 178 valence electrons. The molecule has 9 heteroatoms. The van der Waals surface area contributed by atoms with Gasteiger partial charge in [0.15, 0.2) is 6.23 Å². The van der Waals surface area contributed by atoms with Gasteiger partial charge in [-0.15, -0.1) is 0 Å². The van der Waals surface area contributed by atoms with E-state index in [0.29, 0.717) is 18.5 Å². The highest BCUT2D eigenvalue weighted by molar-refractivity contribution is 7.91. The lowest BCUT2D eigenvalue weighted by atomic mass is 9.93. The quantitative estimate of drug-likeness (QED) is 0.632. The average molecular weight is 478 g/mol. The Labute approximate surface area is 193 Å². The maximum atomic E-state index is 13.6. The van der Waals surface area contributed by atoms with Crippen LogP contribution in [0.5, 0.6) is 0 Å². The van der Waals surface area contributed by atoms with Crippen LogP contribution in [-0.2, 0) is 24.1 Å². The molecule has 33 heavy (non-hydrogen) atoms. The first-order chi connectivity index (χ1) is 15.4. The number of nitrogens with one attached hydrogen (secondary N) is 1. The van der Waals surface area contributed by atoms with Crippen LogP contribution >= 0.6 is 0 Å². The van der Waals surface area contributed by atoms with E-state index in [9.17, 15) is 22.4 Å². The van der Waals surface area contributed by atoms with Crippen LogP contribution in [0.1, 0.15) is 56.0 Å². The van der Waals surface area contributed by atoms with E-state index in [1.165, 1.54) is 24.3 Å². The zero-order valence-corrected chi connectivity index (χ0v) is 19.9. The molecule has 0 saturated carbocycles. The summed E-state index contributed by atoms with van der Waals surface area (Å²) >= 11 is 0. The predicted molar refractivity (Wildman–Crippen MR) is 119 cm³/mol. The molecule has 1 aliphatic rings. The number of hydrogen-bond acceptors (Lipinski definition) is 7. The molecule has 1 N–H and O–H groups in total. The van der Waals surface area contributed by atoms with Crippen molar-refractivity contribution in [3.8, 4) is 0 Å². The summed E-state index contributed by atoms with van der Waals surface area (Å²) in [6.45, 7) is 7.50. The summed E-state index contributed by atoms with van der Waals surface area (Å²) in [5.74, 6) is -1.87. The first-order valence-electron chi connectivity index (χ1n) is 10.7. The summed E-state index contributed by atoms with van der Waals surface area (Å²) in [6.07, 6.45) is -0.100. The molecule has 1 aliphatic heterocycles. The number of esters is 2. The van der Waals surface area contributed by atoms with Crippen molar-refractivity contribution >= 4 is 21.8 Å². The van der Waals surface area contributed by atoms with E-state index in [4.69, 9.17) is 9.47 Å². The summed E-state index contributed by atoms with van der Waals surface area (Å²) in [4.78, 5) is 24.6. The fourth-order valence-electron chi connectivity index (χ4n) is 3.55. The van der Waals surface area contributed by atoms with Gasteiger partial charge in [-0.25, -0.2) is 17.6 Å². The molecule has 0 aromatic heterocycles. The molecule has 1 fully saturated rings. The number of carbonyl (C=O) groups is 2. The number of carbonyl (C=O) groups excluding carboxylic acids is 2. The van der Waals surface area contributed by atoms with Gasteiger partial charge in [0.1, 0.15) is 5.82 Å². The molecule has 3 rings (SSSR count). The van der Waals surface area contributed by atoms with Gasteiger partial charge in [-0.05, 0) is 63.6 Å². The van der Waals surface area contributed by atoms with Gasteiger partial charge in [0.05, 0.1) is 27.4 Å². The predicted octanol–water partition coefficient (Wildman–Crippen LogP) is 3.83. The Morgan fingerprint density at radius 3 is 2.45 bits per heavy atom. The van der Waals surface area contributed by atoms with Crippen molar-refractivity contribution in [1.29, 1.82) is 0 Å². The van der Waals surface area contributed by atoms with Crippen molar-refractivity contribution in [3.63, 3.8) is 0 Å². The second-order valence-corrected chi connectivity index (χ2v) is 10.9. The Bertz CT molecular complexity index is 1160. The molecule has 0 bridgehead atoms. The molecular weight excluding hydrogens is 449 g/mol. The zero-order chi connectivity index (χ0) is 24.4. The number of hydrogen-bond donors (Lipinski definition) is 1. The van der Waals surface area contributed by atoms with Crippen LogP contribution in [0.25, 0.3) is 0 Å². The third-order valence-electron chi connectivity index (χ3n) is 5.33. The van der Waals surface area contributed by atoms with Crippen LogP contribution in [0, 0.1) is 11.2 Å². The standard InChI is InChI=1S/C24H28FNO6S/c1-5-31-22(27)20-13-18(33(29,30)17-8-6-7-16(25)12-17)9-10-19(20)15-11-21(26-14-15)32-23(28)24(2,3)4/h6-10,12-13,15,21,26H,5,11,14H2,1-4H3. The fourth-order valence-corrected chi connectivity index (χ4v) is 4.86. The van der Waals surface area contributed by atoms with Crippen LogP contribution in [-0.4, -0.2) is 39.7 Å². The average Bonchev–Trinajstić information content (AvgIpc) is 3.21. The lowest BCUT2D eigenvalue weighted by molar-refractivity contribution is -0.159. The second kappa shape index (κ2) is 9.61. The van der Waals surface area contributed by atoms with Gasteiger partial charge >= 0.3 is 11.9 Å². The van der Waals surface area contributed by atoms with E-state index in [-0.39, 0.29) is 33.8 Å². The Hall–Kier alpha value is -2.78. The number of halogens is 1. The smallest absolute Gasteiger partial charge is 0.338 e. The Morgan fingerprint density at radius 2 is 1.82 bits per heavy atom. The van der Waals surface area contributed by atoms with E-state index in [1.807, 2.05) is 0 Å². The van der Waals surface area contributed by atoms with Gasteiger partial charge in [-0.2, -0.15) is 0 Å². The van der Waals surface area contributed by atoms with Gasteiger partial charge in [-0.1, -0.05) is 12.1 Å². The van der Waals surface area contributed by atoms with Gasteiger partial charge in [0.25, 0.3) is 0 Å². The molecule has 1 heterocycles. The topological polar surface area (TPSA) is 98.8 Å². The van der Waals surface area contributed by atoms with Crippen LogP contribution < -0.4 is 5.32 Å². The molecule has 2 unspecified atom stereocenters. The zero-order valence-electron chi connectivity index (χ0n) is 19.1. The number of rotatable bonds is 6. The van der Waals surface area contributed by atoms with E-state index >= 15 is 0 Å². The summed E-state index contributed by atoms with van der Waals surface area (Å²) < 4.78 is 50.4. The minimum Gasteiger partial charge on any atom is -0.462 e. The highest BCUT2D eigenvalue weighted by atomic mass is 32.2. The SMILES string of the molecule is CCOC(=O)c1cc(S(=O)(=O)c2cccc(F)c2)ccc1C1CNC(OC(=O)C(C)(C)C)C1. The maximum Gasteiger partial charge on any atom is 0.338 e. The number of sulfone groups is 1. The maximum absolute atomic E-state index is 13.6. The molecule has 0 spiro atoms. The van der Waals surface area contributed by atoms with Crippen molar-refractivity contribution in [1.82, 2.24) is 5.32 Å². The van der Waals surface area contributed by atoms with Gasteiger partial charge in [-0.3, -0.25) is 10.1 Å². The normalized spacial score (nSPS) is 18.7. The Kier molecular flexibility index (Phi) is 7.23. The molecule has 0 aliphatic carbocycles. The lowest BCUT2D eigenvalue weighted by Crippen LogP contribution is -2.33. The van der Waals surface area contributed by atoms with E-state index in [2.05, 4.69) is 5.32 Å². The van der Waals surface area contributed by atoms with Crippen LogP contribution in [0.3, 0.4) is 0 Å². The summed E-state index contributed by atoms with van der Waals surface area (Å²) in [7, 11) is -4.05. The number of ether oxygens (including phenoxy) is 2. The molecule has 0 amide bonds. The fraction of sp³-hybridized carbons (Fsp3) is 0.417. The highest BCUT2D eigenvalue weighted by Gasteiger charge is 2.34. The summed E-state index contributed by atoms with van der Waals surface area (Å²) in [6, 6.07) is 8.93. The van der Waals surface area contributed by atoms with Crippen molar-refractivity contribution in [2.24, 2.45) is 5.41 Å². The minimum absolute atomic E-state index is 0.115.